The van der Waals surface area contributed by atoms with Crippen LogP contribution in [0, 0.1) is 11.8 Å². The molecule has 0 aromatic carbocycles. The van der Waals surface area contributed by atoms with E-state index in [0.717, 1.165) is 19.0 Å². The van der Waals surface area contributed by atoms with E-state index in [2.05, 4.69) is 5.32 Å². The summed E-state index contributed by atoms with van der Waals surface area (Å²) in [5.74, 6) is 1.14. The molecule has 1 amide bonds. The van der Waals surface area contributed by atoms with Gasteiger partial charge >= 0.3 is 0 Å². The number of amides is 1. The van der Waals surface area contributed by atoms with Gasteiger partial charge in [-0.15, -0.1) is 0 Å². The van der Waals surface area contributed by atoms with Crippen LogP contribution in [0.3, 0.4) is 0 Å². The van der Waals surface area contributed by atoms with Gasteiger partial charge < -0.3 is 10.2 Å². The number of carbonyl (C=O) groups excluding carboxylic acids is 1. The van der Waals surface area contributed by atoms with Crippen molar-refractivity contribution in [2.75, 3.05) is 27.2 Å². The van der Waals surface area contributed by atoms with Gasteiger partial charge in [-0.1, -0.05) is 13.3 Å². The summed E-state index contributed by atoms with van der Waals surface area (Å²) in [5.41, 5.74) is 0. The van der Waals surface area contributed by atoms with Gasteiger partial charge in [0.1, 0.15) is 0 Å². The van der Waals surface area contributed by atoms with E-state index in [1.54, 1.807) is 0 Å². The van der Waals surface area contributed by atoms with Crippen molar-refractivity contribution in [1.29, 1.82) is 0 Å². The van der Waals surface area contributed by atoms with Crippen molar-refractivity contribution in [1.82, 2.24) is 10.2 Å². The first-order valence-electron chi connectivity index (χ1n) is 5.54. The molecule has 1 unspecified atom stereocenters. The summed E-state index contributed by atoms with van der Waals surface area (Å²) < 4.78 is 0. The van der Waals surface area contributed by atoms with Gasteiger partial charge in [0.25, 0.3) is 0 Å². The molecule has 14 heavy (non-hydrogen) atoms. The Labute approximate surface area is 86.9 Å². The highest BCUT2D eigenvalue weighted by atomic mass is 16.2. The molecule has 1 aliphatic carbocycles. The minimum atomic E-state index is 0.102. The first kappa shape index (κ1) is 11.5. The predicted molar refractivity (Wildman–Crippen MR) is 58.1 cm³/mol. The first-order chi connectivity index (χ1) is 6.65. The van der Waals surface area contributed by atoms with Crippen LogP contribution < -0.4 is 5.32 Å². The summed E-state index contributed by atoms with van der Waals surface area (Å²) in [6.45, 7) is 3.71. The zero-order valence-electron chi connectivity index (χ0n) is 9.55. The number of rotatable bonds is 5. The summed E-state index contributed by atoms with van der Waals surface area (Å²) in [5, 5.41) is 3.04. The van der Waals surface area contributed by atoms with Crippen LogP contribution in [-0.4, -0.2) is 38.0 Å². The molecule has 0 heterocycles. The van der Waals surface area contributed by atoms with Gasteiger partial charge in [-0.25, -0.2) is 0 Å². The minimum absolute atomic E-state index is 0.102. The maximum atomic E-state index is 11.8. The largest absolute Gasteiger partial charge is 0.345 e. The molecule has 1 N–H and O–H groups in total. The average Bonchev–Trinajstić information content (AvgIpc) is 2.10. The van der Waals surface area contributed by atoms with Crippen molar-refractivity contribution >= 4 is 5.91 Å². The van der Waals surface area contributed by atoms with E-state index in [-0.39, 0.29) is 11.8 Å². The Kier molecular flexibility index (Phi) is 4.39. The van der Waals surface area contributed by atoms with Crippen LogP contribution >= 0.6 is 0 Å². The molecule has 3 heteroatoms. The van der Waals surface area contributed by atoms with Crippen molar-refractivity contribution in [2.24, 2.45) is 11.8 Å². The number of hydrogen-bond acceptors (Lipinski definition) is 2. The average molecular weight is 198 g/mol. The molecule has 0 radical (unpaired) electrons. The van der Waals surface area contributed by atoms with E-state index >= 15 is 0 Å². The third-order valence-corrected chi connectivity index (χ3v) is 3.06. The number of carbonyl (C=O) groups is 1. The third-order valence-electron chi connectivity index (χ3n) is 3.06. The highest BCUT2D eigenvalue weighted by Gasteiger charge is 2.23. The molecule has 0 aromatic rings. The second-order valence-corrected chi connectivity index (χ2v) is 4.47. The second kappa shape index (κ2) is 5.35. The van der Waals surface area contributed by atoms with E-state index in [1.807, 2.05) is 25.9 Å². The van der Waals surface area contributed by atoms with E-state index in [9.17, 15) is 4.79 Å². The van der Waals surface area contributed by atoms with Gasteiger partial charge in [-0.2, -0.15) is 0 Å². The molecule has 0 aromatic heterocycles. The quantitative estimate of drug-likeness (QED) is 0.717. The summed E-state index contributed by atoms with van der Waals surface area (Å²) in [4.78, 5) is 13.7. The van der Waals surface area contributed by atoms with Gasteiger partial charge in [-0.05, 0) is 25.8 Å². The van der Waals surface area contributed by atoms with Crippen LogP contribution in [0.4, 0.5) is 0 Å². The lowest BCUT2D eigenvalue weighted by atomic mass is 9.85. The van der Waals surface area contributed by atoms with Crippen LogP contribution in [0.25, 0.3) is 0 Å². The molecule has 1 aliphatic rings. The Morgan fingerprint density at radius 3 is 2.64 bits per heavy atom. The van der Waals surface area contributed by atoms with Gasteiger partial charge in [0.05, 0.1) is 0 Å². The lowest BCUT2D eigenvalue weighted by Crippen LogP contribution is -2.39. The lowest BCUT2D eigenvalue weighted by Gasteiger charge is -2.31. The SMILES string of the molecule is CNCC(C)C(=O)N(C)CC1CCC1. The van der Waals surface area contributed by atoms with Gasteiger partial charge in [0.15, 0.2) is 0 Å². The summed E-state index contributed by atoms with van der Waals surface area (Å²) in [6.07, 6.45) is 3.95. The van der Waals surface area contributed by atoms with Crippen molar-refractivity contribution in [3.63, 3.8) is 0 Å². The van der Waals surface area contributed by atoms with Crippen molar-refractivity contribution in [3.05, 3.63) is 0 Å². The smallest absolute Gasteiger partial charge is 0.226 e. The maximum absolute atomic E-state index is 11.8. The fraction of sp³-hybridized carbons (Fsp3) is 0.909. The number of nitrogens with zero attached hydrogens (tertiary/aromatic N) is 1. The fourth-order valence-corrected chi connectivity index (χ4v) is 1.92. The van der Waals surface area contributed by atoms with Crippen molar-refractivity contribution < 1.29 is 4.79 Å². The number of nitrogens with one attached hydrogen (secondary N) is 1. The summed E-state index contributed by atoms with van der Waals surface area (Å²) >= 11 is 0. The zero-order valence-corrected chi connectivity index (χ0v) is 9.55. The standard InChI is InChI=1S/C11H22N2O/c1-9(7-12-2)11(14)13(3)8-10-5-4-6-10/h9-10,12H,4-8H2,1-3H3. The highest BCUT2D eigenvalue weighted by Crippen LogP contribution is 2.26. The lowest BCUT2D eigenvalue weighted by molar-refractivity contribution is -0.134. The maximum Gasteiger partial charge on any atom is 0.226 e. The van der Waals surface area contributed by atoms with Crippen LogP contribution in [0.15, 0.2) is 0 Å². The van der Waals surface area contributed by atoms with Gasteiger partial charge in [-0.3, -0.25) is 4.79 Å². The Bertz CT molecular complexity index is 190. The Morgan fingerprint density at radius 1 is 1.57 bits per heavy atom. The molecule has 1 saturated carbocycles. The van der Waals surface area contributed by atoms with Gasteiger partial charge in [0.2, 0.25) is 5.91 Å². The fourth-order valence-electron chi connectivity index (χ4n) is 1.92. The molecular weight excluding hydrogens is 176 g/mol. The van der Waals surface area contributed by atoms with E-state index in [4.69, 9.17) is 0 Å². The highest BCUT2D eigenvalue weighted by molar-refractivity contribution is 5.78. The Hall–Kier alpha value is -0.570. The molecule has 82 valence electrons. The van der Waals surface area contributed by atoms with Crippen LogP contribution in [0.2, 0.25) is 0 Å². The predicted octanol–water partition coefficient (Wildman–Crippen LogP) is 1.10. The third kappa shape index (κ3) is 2.98. The first-order valence-corrected chi connectivity index (χ1v) is 5.54. The molecule has 0 bridgehead atoms. The second-order valence-electron chi connectivity index (χ2n) is 4.47. The van der Waals surface area contributed by atoms with E-state index < -0.39 is 0 Å². The topological polar surface area (TPSA) is 32.3 Å². The van der Waals surface area contributed by atoms with Crippen molar-refractivity contribution in [2.45, 2.75) is 26.2 Å². The molecular formula is C11H22N2O. The van der Waals surface area contributed by atoms with Crippen molar-refractivity contribution in [3.8, 4) is 0 Å². The zero-order chi connectivity index (χ0) is 10.6. The Balaban J connectivity index is 2.26. The molecule has 1 rings (SSSR count). The minimum Gasteiger partial charge on any atom is -0.345 e. The molecule has 1 atom stereocenters. The van der Waals surface area contributed by atoms with Gasteiger partial charge in [0, 0.05) is 26.1 Å². The van der Waals surface area contributed by atoms with Crippen LogP contribution in [-0.2, 0) is 4.79 Å². The molecule has 1 fully saturated rings. The summed E-state index contributed by atoms with van der Waals surface area (Å²) in [7, 11) is 3.81. The summed E-state index contributed by atoms with van der Waals surface area (Å²) in [6, 6.07) is 0. The normalized spacial score (nSPS) is 18.8. The molecule has 0 spiro atoms. The van der Waals surface area contributed by atoms with E-state index in [0.29, 0.717) is 0 Å². The number of hydrogen-bond donors (Lipinski definition) is 1. The molecule has 0 aliphatic heterocycles. The Morgan fingerprint density at radius 2 is 2.21 bits per heavy atom. The van der Waals surface area contributed by atoms with Crippen LogP contribution in [0.5, 0.6) is 0 Å². The molecule has 3 nitrogen and oxygen atoms in total. The van der Waals surface area contributed by atoms with E-state index in [1.165, 1.54) is 19.3 Å². The van der Waals surface area contributed by atoms with Crippen LogP contribution in [0.1, 0.15) is 26.2 Å². The molecule has 0 saturated heterocycles. The monoisotopic (exact) mass is 198 g/mol.